The fourth-order valence-corrected chi connectivity index (χ4v) is 6.17. The molecule has 0 spiro atoms. The fraction of sp³-hybridized carbons (Fsp3) is 0.0244. The third-order valence-corrected chi connectivity index (χ3v) is 8.40. The van der Waals surface area contributed by atoms with Gasteiger partial charge in [0.05, 0.1) is 11.0 Å². The molecule has 0 bridgehead atoms. The Morgan fingerprint density at radius 1 is 0.444 bits per heavy atom. The van der Waals surface area contributed by atoms with E-state index in [1.807, 2.05) is 6.07 Å². The molecule has 6 aromatic carbocycles. The maximum atomic E-state index is 4.41. The van der Waals surface area contributed by atoms with E-state index in [2.05, 4.69) is 171 Å². The van der Waals surface area contributed by atoms with Crippen LogP contribution in [0.3, 0.4) is 0 Å². The van der Waals surface area contributed by atoms with E-state index in [4.69, 9.17) is 0 Å². The molecule has 8 rings (SSSR count). The third kappa shape index (κ3) is 5.13. The second kappa shape index (κ2) is 11.6. The Bertz CT molecular complexity index is 2150. The molecule has 0 N–H and O–H groups in total. The lowest BCUT2D eigenvalue weighted by Gasteiger charge is -2.26. The maximum absolute atomic E-state index is 4.41. The fourth-order valence-electron chi connectivity index (χ4n) is 6.17. The van der Waals surface area contributed by atoms with Gasteiger partial charge in [-0.3, -0.25) is 0 Å². The normalized spacial score (nSPS) is 11.2. The van der Waals surface area contributed by atoms with Crippen LogP contribution in [-0.2, 0) is 6.54 Å². The van der Waals surface area contributed by atoms with Crippen molar-refractivity contribution in [1.29, 1.82) is 0 Å². The highest BCUT2D eigenvalue weighted by Gasteiger charge is 2.14. The van der Waals surface area contributed by atoms with Gasteiger partial charge in [-0.25, -0.2) is 9.97 Å². The van der Waals surface area contributed by atoms with Crippen LogP contribution < -0.4 is 4.90 Å². The zero-order valence-corrected chi connectivity index (χ0v) is 24.7. The minimum Gasteiger partial charge on any atom is -0.337 e. The van der Waals surface area contributed by atoms with Gasteiger partial charge in [-0.1, -0.05) is 91.0 Å². The van der Waals surface area contributed by atoms with Gasteiger partial charge in [0.1, 0.15) is 0 Å². The summed E-state index contributed by atoms with van der Waals surface area (Å²) in [6.45, 7) is 0.759. The van der Waals surface area contributed by atoms with Crippen LogP contribution >= 0.6 is 0 Å². The molecule has 2 aromatic heterocycles. The molecule has 45 heavy (non-hydrogen) atoms. The van der Waals surface area contributed by atoms with Crippen LogP contribution in [0.1, 0.15) is 5.56 Å². The van der Waals surface area contributed by atoms with Crippen molar-refractivity contribution >= 4 is 33.2 Å². The summed E-state index contributed by atoms with van der Waals surface area (Å²) in [5.74, 6) is 0.729. The molecule has 0 amide bonds. The Hall–Kier alpha value is -6.00. The Morgan fingerprint density at radius 2 is 0.933 bits per heavy atom. The first-order valence-electron chi connectivity index (χ1n) is 15.2. The molecular formula is C41H30N4. The molecule has 214 valence electrons. The number of hydrogen-bond donors (Lipinski definition) is 0. The van der Waals surface area contributed by atoms with Crippen LogP contribution in [0.4, 0.5) is 11.4 Å². The van der Waals surface area contributed by atoms with Gasteiger partial charge in [0.25, 0.3) is 0 Å². The molecule has 0 aliphatic heterocycles. The summed E-state index contributed by atoms with van der Waals surface area (Å²) in [5.41, 5.74) is 10.5. The van der Waals surface area contributed by atoms with E-state index >= 15 is 0 Å². The minimum atomic E-state index is 0.729. The molecule has 4 nitrogen and oxygen atoms in total. The summed E-state index contributed by atoms with van der Waals surface area (Å²) >= 11 is 0. The van der Waals surface area contributed by atoms with Crippen LogP contribution in [0.15, 0.2) is 170 Å². The number of rotatable bonds is 7. The molecule has 0 fully saturated rings. The van der Waals surface area contributed by atoms with Crippen LogP contribution in [-0.4, -0.2) is 14.5 Å². The third-order valence-electron chi connectivity index (χ3n) is 8.40. The van der Waals surface area contributed by atoms with Crippen molar-refractivity contribution in [3.05, 3.63) is 176 Å². The lowest BCUT2D eigenvalue weighted by molar-refractivity contribution is 0.975. The number of para-hydroxylation sites is 2. The molecule has 0 aliphatic carbocycles. The SMILES string of the molecule is c1ccc(CN(c2ccc(-c3ccc(-n4c5ccccc5c5ccccc54)cc3)cc2)c2ccc(-c3ncccn3)cc2)cc1. The highest BCUT2D eigenvalue weighted by atomic mass is 15.1. The minimum absolute atomic E-state index is 0.729. The summed E-state index contributed by atoms with van der Waals surface area (Å²) in [6, 6.07) is 55.9. The zero-order valence-electron chi connectivity index (χ0n) is 24.7. The number of nitrogens with zero attached hydrogens (tertiary/aromatic N) is 4. The summed E-state index contributed by atoms with van der Waals surface area (Å²) in [4.78, 5) is 11.2. The molecule has 0 aliphatic rings. The average molecular weight is 579 g/mol. The van der Waals surface area contributed by atoms with Gasteiger partial charge in [0.2, 0.25) is 0 Å². The first-order valence-corrected chi connectivity index (χ1v) is 15.2. The van der Waals surface area contributed by atoms with E-state index in [0.717, 1.165) is 35.0 Å². The lowest BCUT2D eigenvalue weighted by Crippen LogP contribution is -2.16. The topological polar surface area (TPSA) is 34.0 Å². The van der Waals surface area contributed by atoms with Gasteiger partial charge in [-0.2, -0.15) is 0 Å². The van der Waals surface area contributed by atoms with Crippen molar-refractivity contribution in [2.75, 3.05) is 4.90 Å². The standard InChI is InChI=1S/C41H30N4/c1-2-9-30(10-3-1)29-44(35-23-19-33(20-24-35)41-42-27-8-28-43-41)34-21-15-31(16-22-34)32-17-25-36(26-18-32)45-39-13-6-4-11-37(39)38-12-5-7-14-40(38)45/h1-28H,29H2. The second-order valence-corrected chi connectivity index (χ2v) is 11.2. The van der Waals surface area contributed by atoms with E-state index in [-0.39, 0.29) is 0 Å². The van der Waals surface area contributed by atoms with Gasteiger partial charge in [0.15, 0.2) is 5.82 Å². The van der Waals surface area contributed by atoms with Gasteiger partial charge < -0.3 is 9.47 Å². The Balaban J connectivity index is 1.10. The van der Waals surface area contributed by atoms with Crippen molar-refractivity contribution in [3.8, 4) is 28.2 Å². The Morgan fingerprint density at radius 3 is 1.51 bits per heavy atom. The average Bonchev–Trinajstić information content (AvgIpc) is 3.46. The molecule has 4 heteroatoms. The lowest BCUT2D eigenvalue weighted by atomic mass is 10.0. The Kier molecular flexibility index (Phi) is 6.85. The van der Waals surface area contributed by atoms with E-state index in [1.54, 1.807) is 12.4 Å². The monoisotopic (exact) mass is 578 g/mol. The van der Waals surface area contributed by atoms with E-state index < -0.39 is 0 Å². The molecular weight excluding hydrogens is 548 g/mol. The molecule has 0 atom stereocenters. The summed E-state index contributed by atoms with van der Waals surface area (Å²) in [7, 11) is 0. The number of fused-ring (bicyclic) bond motifs is 3. The second-order valence-electron chi connectivity index (χ2n) is 11.2. The van der Waals surface area contributed by atoms with Gasteiger partial charge in [-0.05, 0) is 83.4 Å². The smallest absolute Gasteiger partial charge is 0.159 e. The Labute approximate surface area is 262 Å². The first kappa shape index (κ1) is 26.6. The maximum Gasteiger partial charge on any atom is 0.159 e. The van der Waals surface area contributed by atoms with Crippen molar-refractivity contribution in [3.63, 3.8) is 0 Å². The van der Waals surface area contributed by atoms with Gasteiger partial charge >= 0.3 is 0 Å². The van der Waals surface area contributed by atoms with E-state index in [9.17, 15) is 0 Å². The van der Waals surface area contributed by atoms with Crippen LogP contribution in [0.25, 0.3) is 50.0 Å². The number of anilines is 2. The highest BCUT2D eigenvalue weighted by molar-refractivity contribution is 6.09. The quantitative estimate of drug-likeness (QED) is 0.189. The van der Waals surface area contributed by atoms with Crippen molar-refractivity contribution in [1.82, 2.24) is 14.5 Å². The molecule has 0 saturated heterocycles. The summed E-state index contributed by atoms with van der Waals surface area (Å²) < 4.78 is 2.36. The van der Waals surface area contributed by atoms with Crippen molar-refractivity contribution in [2.45, 2.75) is 6.54 Å². The zero-order chi connectivity index (χ0) is 30.0. The predicted octanol–water partition coefficient (Wildman–Crippen LogP) is 10.2. The highest BCUT2D eigenvalue weighted by Crippen LogP contribution is 2.34. The van der Waals surface area contributed by atoms with Gasteiger partial charge in [0, 0.05) is 52.3 Å². The van der Waals surface area contributed by atoms with Crippen molar-refractivity contribution in [2.24, 2.45) is 0 Å². The number of aromatic nitrogens is 3. The predicted molar refractivity (Wildman–Crippen MR) is 186 cm³/mol. The number of benzene rings is 6. The largest absolute Gasteiger partial charge is 0.337 e. The van der Waals surface area contributed by atoms with Crippen molar-refractivity contribution < 1.29 is 0 Å². The van der Waals surface area contributed by atoms with Crippen LogP contribution in [0.2, 0.25) is 0 Å². The van der Waals surface area contributed by atoms with Crippen LogP contribution in [0.5, 0.6) is 0 Å². The number of hydrogen-bond acceptors (Lipinski definition) is 3. The molecule has 0 unspecified atom stereocenters. The van der Waals surface area contributed by atoms with Gasteiger partial charge in [-0.15, -0.1) is 0 Å². The first-order chi connectivity index (χ1) is 22.3. The molecule has 8 aromatic rings. The molecule has 0 radical (unpaired) electrons. The molecule has 0 saturated carbocycles. The van der Waals surface area contributed by atoms with Crippen LogP contribution in [0, 0.1) is 0 Å². The van der Waals surface area contributed by atoms with E-state index in [0.29, 0.717) is 0 Å². The summed E-state index contributed by atoms with van der Waals surface area (Å²) in [5, 5.41) is 2.55. The van der Waals surface area contributed by atoms with E-state index in [1.165, 1.54) is 38.5 Å². The summed E-state index contributed by atoms with van der Waals surface area (Å²) in [6.07, 6.45) is 3.55. The molecule has 2 heterocycles.